The molecule has 0 aliphatic heterocycles. The molecule has 0 radical (unpaired) electrons. The summed E-state index contributed by atoms with van der Waals surface area (Å²) in [7, 11) is 1.86. The Hall–Kier alpha value is -2.77. The zero-order chi connectivity index (χ0) is 17.5. The molecular formula is C18H21N5O2. The molecule has 7 heteroatoms. The second-order valence-electron chi connectivity index (χ2n) is 5.69. The van der Waals surface area contributed by atoms with Crippen molar-refractivity contribution in [3.8, 4) is 11.3 Å². The summed E-state index contributed by atoms with van der Waals surface area (Å²) >= 11 is 0. The lowest BCUT2D eigenvalue weighted by Gasteiger charge is -2.16. The van der Waals surface area contributed by atoms with Crippen LogP contribution in [0.3, 0.4) is 0 Å². The summed E-state index contributed by atoms with van der Waals surface area (Å²) in [6.45, 7) is 0.775. The minimum Gasteiger partial charge on any atom is -0.394 e. The summed E-state index contributed by atoms with van der Waals surface area (Å²) in [5.74, 6) is 0.448. The van der Waals surface area contributed by atoms with Crippen LogP contribution in [0.5, 0.6) is 0 Å². The van der Waals surface area contributed by atoms with Gasteiger partial charge in [0.15, 0.2) is 0 Å². The fourth-order valence-electron chi connectivity index (χ4n) is 2.36. The fourth-order valence-corrected chi connectivity index (χ4v) is 2.36. The molecule has 0 fully saturated rings. The van der Waals surface area contributed by atoms with E-state index < -0.39 is 0 Å². The highest BCUT2D eigenvalue weighted by atomic mass is 16.5. The molecule has 0 saturated heterocycles. The van der Waals surface area contributed by atoms with E-state index >= 15 is 0 Å². The van der Waals surface area contributed by atoms with Crippen molar-refractivity contribution >= 4 is 5.95 Å². The van der Waals surface area contributed by atoms with Crippen molar-refractivity contribution in [3.05, 3.63) is 60.6 Å². The summed E-state index contributed by atoms with van der Waals surface area (Å²) < 4.78 is 7.39. The molecule has 0 unspecified atom stereocenters. The van der Waals surface area contributed by atoms with Crippen molar-refractivity contribution in [2.75, 3.05) is 18.5 Å². The third kappa shape index (κ3) is 4.85. The predicted molar refractivity (Wildman–Crippen MR) is 94.8 cm³/mol. The molecule has 2 aromatic heterocycles. The van der Waals surface area contributed by atoms with Crippen LogP contribution in [0.15, 0.2) is 55.0 Å². The quantitative estimate of drug-likeness (QED) is 0.652. The average molecular weight is 339 g/mol. The molecule has 25 heavy (non-hydrogen) atoms. The molecule has 2 heterocycles. The number of hydrogen-bond acceptors (Lipinski definition) is 6. The maximum Gasteiger partial charge on any atom is 0.223 e. The molecule has 3 aromatic rings. The summed E-state index contributed by atoms with van der Waals surface area (Å²) in [4.78, 5) is 8.68. The Morgan fingerprint density at radius 2 is 2.08 bits per heavy atom. The largest absolute Gasteiger partial charge is 0.394 e. The second-order valence-corrected chi connectivity index (χ2v) is 5.69. The van der Waals surface area contributed by atoms with Crippen molar-refractivity contribution in [2.45, 2.75) is 12.6 Å². The van der Waals surface area contributed by atoms with Gasteiger partial charge in [0.05, 0.1) is 37.8 Å². The summed E-state index contributed by atoms with van der Waals surface area (Å²) in [5.41, 5.74) is 2.77. The minimum atomic E-state index is -0.284. The van der Waals surface area contributed by atoms with Crippen molar-refractivity contribution in [2.24, 2.45) is 7.05 Å². The Labute approximate surface area is 146 Å². The lowest BCUT2D eigenvalue weighted by molar-refractivity contribution is 0.0949. The van der Waals surface area contributed by atoms with Crippen molar-refractivity contribution in [3.63, 3.8) is 0 Å². The molecule has 130 valence electrons. The van der Waals surface area contributed by atoms with Gasteiger partial charge < -0.3 is 15.2 Å². The maximum atomic E-state index is 9.56. The van der Waals surface area contributed by atoms with Crippen LogP contribution >= 0.6 is 0 Å². The first-order valence-corrected chi connectivity index (χ1v) is 8.05. The topological polar surface area (TPSA) is 85.1 Å². The number of aromatic nitrogens is 4. The molecule has 1 aromatic carbocycles. The monoisotopic (exact) mass is 339 g/mol. The van der Waals surface area contributed by atoms with Crippen LogP contribution in [-0.4, -0.2) is 44.1 Å². The molecule has 0 amide bonds. The first kappa shape index (κ1) is 17.1. The van der Waals surface area contributed by atoms with E-state index in [0.717, 1.165) is 16.8 Å². The molecular weight excluding hydrogens is 318 g/mol. The highest BCUT2D eigenvalue weighted by molar-refractivity contribution is 5.57. The van der Waals surface area contributed by atoms with Gasteiger partial charge in [0.25, 0.3) is 0 Å². The van der Waals surface area contributed by atoms with Crippen LogP contribution in [0.25, 0.3) is 11.3 Å². The number of nitrogens with zero attached hydrogens (tertiary/aromatic N) is 4. The van der Waals surface area contributed by atoms with E-state index in [1.165, 1.54) is 0 Å². The first-order chi connectivity index (χ1) is 12.2. The number of aliphatic hydroxyl groups is 1. The Bertz CT molecular complexity index is 791. The summed E-state index contributed by atoms with van der Waals surface area (Å²) in [5, 5.41) is 16.8. The standard InChI is InChI=1S/C18H21N5O2/c1-23-10-15(9-20-23)17-7-8-19-18(22-17)21-16(11-24)13-25-12-14-5-3-2-4-6-14/h2-10,16,24H,11-13H2,1H3,(H,19,21,22)/t16-/m1/s1. The van der Waals surface area contributed by atoms with Gasteiger partial charge >= 0.3 is 0 Å². The van der Waals surface area contributed by atoms with E-state index in [4.69, 9.17) is 4.74 Å². The molecule has 2 N–H and O–H groups in total. The van der Waals surface area contributed by atoms with Gasteiger partial charge in [-0.1, -0.05) is 30.3 Å². The van der Waals surface area contributed by atoms with Crippen LogP contribution in [0.1, 0.15) is 5.56 Å². The van der Waals surface area contributed by atoms with Crippen LogP contribution in [0, 0.1) is 0 Å². The van der Waals surface area contributed by atoms with E-state index in [0.29, 0.717) is 19.2 Å². The zero-order valence-electron chi connectivity index (χ0n) is 14.0. The Balaban J connectivity index is 1.58. The van der Waals surface area contributed by atoms with Crippen LogP contribution in [-0.2, 0) is 18.4 Å². The van der Waals surface area contributed by atoms with E-state index in [2.05, 4.69) is 20.4 Å². The third-order valence-electron chi connectivity index (χ3n) is 3.64. The summed E-state index contributed by atoms with van der Waals surface area (Å²) in [6, 6.07) is 11.4. The normalized spacial score (nSPS) is 12.1. The molecule has 0 bridgehead atoms. The lowest BCUT2D eigenvalue weighted by atomic mass is 10.2. The number of rotatable bonds is 8. The van der Waals surface area contributed by atoms with Gasteiger partial charge in [-0.05, 0) is 11.6 Å². The molecule has 0 spiro atoms. The third-order valence-corrected chi connectivity index (χ3v) is 3.64. The Morgan fingerprint density at radius 1 is 1.24 bits per heavy atom. The highest BCUT2D eigenvalue weighted by Crippen LogP contribution is 2.16. The minimum absolute atomic E-state index is 0.0741. The number of nitrogens with one attached hydrogen (secondary N) is 1. The number of aryl methyl sites for hydroxylation is 1. The Kier molecular flexibility index (Phi) is 5.71. The number of anilines is 1. The number of hydrogen-bond donors (Lipinski definition) is 2. The fraction of sp³-hybridized carbons (Fsp3) is 0.278. The van der Waals surface area contributed by atoms with Crippen LogP contribution in [0.4, 0.5) is 5.95 Å². The zero-order valence-corrected chi connectivity index (χ0v) is 14.0. The maximum absolute atomic E-state index is 9.56. The van der Waals surface area contributed by atoms with Gasteiger partial charge in [-0.15, -0.1) is 0 Å². The highest BCUT2D eigenvalue weighted by Gasteiger charge is 2.11. The number of aliphatic hydroxyl groups excluding tert-OH is 1. The van der Waals surface area contributed by atoms with Crippen LogP contribution in [0.2, 0.25) is 0 Å². The van der Waals surface area contributed by atoms with Crippen molar-refractivity contribution in [1.29, 1.82) is 0 Å². The summed E-state index contributed by atoms with van der Waals surface area (Å²) in [6.07, 6.45) is 5.31. The molecule has 0 saturated carbocycles. The van der Waals surface area contributed by atoms with Gasteiger partial charge in [-0.25, -0.2) is 9.97 Å². The first-order valence-electron chi connectivity index (χ1n) is 8.05. The van der Waals surface area contributed by atoms with Crippen molar-refractivity contribution in [1.82, 2.24) is 19.7 Å². The van der Waals surface area contributed by atoms with Gasteiger partial charge in [0.1, 0.15) is 0 Å². The smallest absolute Gasteiger partial charge is 0.223 e. The molecule has 3 rings (SSSR count). The number of ether oxygens (including phenoxy) is 1. The second kappa shape index (κ2) is 8.36. The van der Waals surface area contributed by atoms with E-state index in [1.54, 1.807) is 17.1 Å². The van der Waals surface area contributed by atoms with Gasteiger partial charge in [-0.2, -0.15) is 5.10 Å². The molecule has 7 nitrogen and oxygen atoms in total. The van der Waals surface area contributed by atoms with Crippen LogP contribution < -0.4 is 5.32 Å². The molecule has 0 aliphatic carbocycles. The average Bonchev–Trinajstić information content (AvgIpc) is 3.08. The number of benzene rings is 1. The SMILES string of the molecule is Cn1cc(-c2ccnc(N[C@H](CO)COCc3ccccc3)n2)cn1. The molecule has 1 atom stereocenters. The molecule has 0 aliphatic rings. The van der Waals surface area contributed by atoms with Gasteiger partial charge in [-0.3, -0.25) is 4.68 Å². The lowest BCUT2D eigenvalue weighted by Crippen LogP contribution is -2.30. The van der Waals surface area contributed by atoms with Gasteiger partial charge in [0, 0.05) is 25.0 Å². The van der Waals surface area contributed by atoms with Gasteiger partial charge in [0.2, 0.25) is 5.95 Å². The predicted octanol–water partition coefficient (Wildman–Crippen LogP) is 1.87. The Morgan fingerprint density at radius 3 is 2.80 bits per heavy atom. The van der Waals surface area contributed by atoms with E-state index in [-0.39, 0.29) is 12.6 Å². The van der Waals surface area contributed by atoms with E-state index in [1.807, 2.05) is 49.6 Å². The van der Waals surface area contributed by atoms with Crippen molar-refractivity contribution < 1.29 is 9.84 Å². The van der Waals surface area contributed by atoms with E-state index in [9.17, 15) is 5.11 Å².